The van der Waals surface area contributed by atoms with Crippen LogP contribution in [0.25, 0.3) is 0 Å². The van der Waals surface area contributed by atoms with Crippen molar-refractivity contribution in [2.75, 3.05) is 0 Å². The van der Waals surface area contributed by atoms with E-state index in [0.29, 0.717) is 0 Å². The minimum atomic E-state index is -0.463. The van der Waals surface area contributed by atoms with E-state index in [2.05, 4.69) is 24.9 Å². The van der Waals surface area contributed by atoms with E-state index >= 15 is 0 Å². The maximum atomic E-state index is 4.89. The molecule has 1 aromatic rings. The third-order valence-electron chi connectivity index (χ3n) is 2.23. The van der Waals surface area contributed by atoms with Crippen molar-refractivity contribution in [3.8, 4) is 0 Å². The summed E-state index contributed by atoms with van der Waals surface area (Å²) in [6.07, 6.45) is 3.50. The van der Waals surface area contributed by atoms with Crippen LogP contribution in [0, 0.1) is 0 Å². The summed E-state index contributed by atoms with van der Waals surface area (Å²) >= 11 is 0. The van der Waals surface area contributed by atoms with Gasteiger partial charge in [-0.2, -0.15) is 0 Å². The van der Waals surface area contributed by atoms with Gasteiger partial charge in [0.15, 0.2) is 0 Å². The fourth-order valence-corrected chi connectivity index (χ4v) is 1.51. The summed E-state index contributed by atoms with van der Waals surface area (Å²) in [5.41, 5.74) is 3.13. The average Bonchev–Trinajstić information content (AvgIpc) is 2.66. The molecule has 0 bridgehead atoms. The molecular weight excluding hydrogens is 161 g/mol. The molecule has 0 nitrogen and oxygen atoms in total. The maximum absolute atomic E-state index is 4.89. The Bertz CT molecular complexity index is 251. The number of rotatable bonds is 1. The molecule has 0 atom stereocenters. The van der Waals surface area contributed by atoms with Crippen molar-refractivity contribution in [1.82, 2.24) is 0 Å². The summed E-state index contributed by atoms with van der Waals surface area (Å²) in [6.45, 7) is 2.13. The molecule has 1 aliphatic rings. The summed E-state index contributed by atoms with van der Waals surface area (Å²) in [4.78, 5) is 0. The van der Waals surface area contributed by atoms with Crippen LogP contribution in [-0.4, -0.2) is 43.6 Å². The van der Waals surface area contributed by atoms with Crippen LogP contribution < -0.4 is 0 Å². The monoisotopic (exact) mass is 171 g/mol. The first-order valence-electron chi connectivity index (χ1n) is 4.87. The molecule has 0 amide bonds. The first-order chi connectivity index (χ1) is 6.74. The molecule has 14 heavy (non-hydrogen) atoms. The van der Waals surface area contributed by atoms with Crippen molar-refractivity contribution in [2.24, 2.45) is 0 Å². The van der Waals surface area contributed by atoms with Gasteiger partial charge < -0.3 is 0 Å². The Kier molecular flexibility index (Phi) is 5.29. The van der Waals surface area contributed by atoms with Crippen LogP contribution in [0.1, 0.15) is 17.5 Å². The molecule has 1 aliphatic carbocycles. The Morgan fingerprint density at radius 1 is 1.29 bits per heavy atom. The van der Waals surface area contributed by atoms with E-state index in [1.807, 2.05) is 0 Å². The second kappa shape index (κ2) is 6.27. The molecule has 0 spiro atoms. The molecule has 0 aromatic carbocycles. The summed E-state index contributed by atoms with van der Waals surface area (Å²) in [5, 5.41) is 0. The predicted octanol–water partition coefficient (Wildman–Crippen LogP) is -0.391. The fourth-order valence-electron chi connectivity index (χ4n) is 1.51. The summed E-state index contributed by atoms with van der Waals surface area (Å²) in [5.74, 6) is 4.37. The molecule has 59 valence electrons. The summed E-state index contributed by atoms with van der Waals surface area (Å²) < 4.78 is 0. The first kappa shape index (κ1) is 11.8. The van der Waals surface area contributed by atoms with Crippen LogP contribution in [-0.2, 0) is 12.8 Å². The van der Waals surface area contributed by atoms with Crippen molar-refractivity contribution < 1.29 is 0 Å². The normalized spacial score (nSPS) is 12.0. The van der Waals surface area contributed by atoms with Crippen LogP contribution >= 0.6 is 0 Å². The van der Waals surface area contributed by atoms with Gasteiger partial charge in [0, 0.05) is 36.7 Å². The zero-order chi connectivity index (χ0) is 10.4. The van der Waals surface area contributed by atoms with E-state index in [9.17, 15) is 0 Å². The SMILES string of the molecule is [B][B]B([B])[B].b1ccc2c(c1)CCC2. The minimum absolute atomic E-state index is 0.463. The quantitative estimate of drug-likeness (QED) is 0.503. The molecule has 0 aliphatic heterocycles. The van der Waals surface area contributed by atoms with Gasteiger partial charge in [0.2, 0.25) is 0 Å². The van der Waals surface area contributed by atoms with E-state index in [1.165, 1.54) is 26.3 Å². The van der Waals surface area contributed by atoms with E-state index in [-0.39, 0.29) is 0 Å². The molecule has 0 saturated heterocycles. The molecule has 1 aromatic heterocycles. The zero-order valence-corrected chi connectivity index (χ0v) is 8.32. The third kappa shape index (κ3) is 3.86. The van der Waals surface area contributed by atoms with Crippen LogP contribution in [0.2, 0.25) is 0 Å². The number of hydrogen-bond acceptors (Lipinski definition) is 0. The van der Waals surface area contributed by atoms with Gasteiger partial charge in [0.1, 0.15) is 0 Å². The number of aryl methyl sites for hydroxylation is 2. The third-order valence-corrected chi connectivity index (χ3v) is 2.23. The van der Waals surface area contributed by atoms with Gasteiger partial charge >= 0.3 is 55.3 Å². The molecule has 7 radical (unpaired) electrons. The molecule has 0 unspecified atom stereocenters. The van der Waals surface area contributed by atoms with E-state index in [1.54, 1.807) is 11.1 Å². The van der Waals surface area contributed by atoms with Gasteiger partial charge in [-0.1, -0.05) is 0 Å². The standard InChI is InChI=1S/C8H9B.B5/c1-2-7-4-5-9-6-8(7)3-1;1-4-5(2)3/h4-6H,1-3H2;. The van der Waals surface area contributed by atoms with Gasteiger partial charge in [-0.15, -0.1) is 0 Å². The van der Waals surface area contributed by atoms with Crippen LogP contribution in [0.15, 0.2) is 18.0 Å². The van der Waals surface area contributed by atoms with Crippen molar-refractivity contribution in [3.05, 3.63) is 29.1 Å². The molecule has 0 N–H and O–H groups in total. The van der Waals surface area contributed by atoms with Crippen molar-refractivity contribution in [2.45, 2.75) is 19.3 Å². The van der Waals surface area contributed by atoms with E-state index in [0.717, 1.165) is 0 Å². The molecule has 0 fully saturated rings. The molecule has 1 heterocycles. The first-order valence-corrected chi connectivity index (χ1v) is 4.87. The second-order valence-electron chi connectivity index (χ2n) is 3.39. The molecule has 0 saturated carbocycles. The summed E-state index contributed by atoms with van der Waals surface area (Å²) in [6, 6.07) is 2.24. The number of hydrogen-bond donors (Lipinski definition) is 0. The van der Waals surface area contributed by atoms with Crippen LogP contribution in [0.3, 0.4) is 0 Å². The molecular formula is C8H9B6. The van der Waals surface area contributed by atoms with Crippen molar-refractivity contribution in [3.63, 3.8) is 0 Å². The van der Waals surface area contributed by atoms with Gasteiger partial charge in [-0.25, -0.2) is 0 Å². The topological polar surface area (TPSA) is 0 Å². The summed E-state index contributed by atoms with van der Waals surface area (Å²) in [7, 11) is 15.8. The fraction of sp³-hybridized carbons (Fsp3) is 0.375. The zero-order valence-electron chi connectivity index (χ0n) is 8.32. The second-order valence-corrected chi connectivity index (χ2v) is 3.39. The Balaban J connectivity index is 0.000000171. The van der Waals surface area contributed by atoms with Crippen molar-refractivity contribution in [1.29, 1.82) is 0 Å². The Labute approximate surface area is 92.3 Å². The van der Waals surface area contributed by atoms with E-state index < -0.39 is 6.39 Å². The van der Waals surface area contributed by atoms with Crippen molar-refractivity contribution >= 4 is 43.6 Å². The van der Waals surface area contributed by atoms with Gasteiger partial charge in [-0.05, 0) is 0 Å². The van der Waals surface area contributed by atoms with Gasteiger partial charge in [-0.3, -0.25) is 0 Å². The Morgan fingerprint density at radius 3 is 2.50 bits per heavy atom. The predicted molar refractivity (Wildman–Crippen MR) is 68.6 cm³/mol. The van der Waals surface area contributed by atoms with Crippen LogP contribution in [0.5, 0.6) is 0 Å². The number of fused-ring (bicyclic) bond motifs is 1. The van der Waals surface area contributed by atoms with Gasteiger partial charge in [0.05, 0.1) is 0 Å². The van der Waals surface area contributed by atoms with E-state index in [4.69, 9.17) is 23.2 Å². The molecule has 6 heteroatoms. The van der Waals surface area contributed by atoms with Gasteiger partial charge in [0.25, 0.3) is 0 Å². The van der Waals surface area contributed by atoms with Crippen LogP contribution in [0.4, 0.5) is 0 Å². The Morgan fingerprint density at radius 2 is 1.93 bits per heavy atom. The molecule has 2 rings (SSSR count). The average molecular weight is 170 g/mol. The Hall–Kier alpha value is -0.260.